The molecule has 0 aliphatic rings. The van der Waals surface area contributed by atoms with Gasteiger partial charge >= 0.3 is 0 Å². The minimum Gasteiger partial charge on any atom is -0.353 e. The molecule has 2 aromatic heterocycles. The third kappa shape index (κ3) is 4.28. The number of nitrogens with zero attached hydrogens (tertiary/aromatic N) is 4. The second-order valence-corrected chi connectivity index (χ2v) is 4.78. The van der Waals surface area contributed by atoms with Crippen LogP contribution in [0, 0.1) is 0 Å². The molecule has 2 heterocycles. The van der Waals surface area contributed by atoms with Gasteiger partial charge in [-0.3, -0.25) is 18.8 Å². The molecule has 0 spiro atoms. The zero-order valence-electron chi connectivity index (χ0n) is 12.7. The first-order chi connectivity index (χ1) is 10.1. The molecule has 0 unspecified atom stereocenters. The molecular weight excluding hydrogens is 308 g/mol. The predicted octanol–water partition coefficient (Wildman–Crippen LogP) is -0.332. The van der Waals surface area contributed by atoms with Crippen molar-refractivity contribution in [2.75, 3.05) is 19.6 Å². The predicted molar refractivity (Wildman–Crippen MR) is 86.2 cm³/mol. The Bertz CT molecular complexity index is 681. The number of hydrogen-bond acceptors (Lipinski definition) is 5. The van der Waals surface area contributed by atoms with E-state index < -0.39 is 0 Å². The fourth-order valence-electron chi connectivity index (χ4n) is 1.98. The number of carbonyl (C=O) groups is 1. The Morgan fingerprint density at radius 1 is 1.32 bits per heavy atom. The van der Waals surface area contributed by atoms with Crippen LogP contribution in [0.4, 0.5) is 0 Å². The van der Waals surface area contributed by atoms with Crippen LogP contribution < -0.4 is 16.2 Å². The van der Waals surface area contributed by atoms with Gasteiger partial charge in [-0.15, -0.1) is 12.4 Å². The molecule has 22 heavy (non-hydrogen) atoms. The van der Waals surface area contributed by atoms with Gasteiger partial charge in [-0.1, -0.05) is 6.92 Å². The first-order valence-corrected chi connectivity index (χ1v) is 6.98. The Kier molecular flexibility index (Phi) is 7.00. The van der Waals surface area contributed by atoms with Crippen LogP contribution in [0.1, 0.15) is 13.3 Å². The first-order valence-electron chi connectivity index (χ1n) is 6.98. The van der Waals surface area contributed by atoms with E-state index in [1.165, 1.54) is 21.8 Å². The van der Waals surface area contributed by atoms with Crippen LogP contribution in [0.15, 0.2) is 17.3 Å². The van der Waals surface area contributed by atoms with Gasteiger partial charge < -0.3 is 10.6 Å². The van der Waals surface area contributed by atoms with Gasteiger partial charge in [0.2, 0.25) is 5.91 Å². The number of aromatic nitrogens is 4. The van der Waals surface area contributed by atoms with Crippen molar-refractivity contribution in [2.24, 2.45) is 7.05 Å². The number of hydrogen-bond donors (Lipinski definition) is 2. The average molecular weight is 329 g/mol. The number of rotatable bonds is 7. The summed E-state index contributed by atoms with van der Waals surface area (Å²) in [5.74, 6) is -0.208. The van der Waals surface area contributed by atoms with Gasteiger partial charge in [0.15, 0.2) is 5.65 Å². The smallest absolute Gasteiger partial charge is 0.264 e. The van der Waals surface area contributed by atoms with Gasteiger partial charge in [0.1, 0.15) is 18.3 Å². The van der Waals surface area contributed by atoms with Crippen LogP contribution in [-0.4, -0.2) is 44.9 Å². The second-order valence-electron chi connectivity index (χ2n) is 4.78. The maximum atomic E-state index is 12.2. The molecule has 1 amide bonds. The number of nitrogens with one attached hydrogen (secondary N) is 2. The Morgan fingerprint density at radius 3 is 2.82 bits per heavy atom. The van der Waals surface area contributed by atoms with E-state index in [1.807, 2.05) is 0 Å². The van der Waals surface area contributed by atoms with Crippen LogP contribution in [0.2, 0.25) is 0 Å². The minimum absolute atomic E-state index is 0. The summed E-state index contributed by atoms with van der Waals surface area (Å²) in [5.41, 5.74) is 0.257. The first kappa shape index (κ1) is 18.1. The number of carbonyl (C=O) groups excluding carboxylic acids is 1. The molecule has 2 N–H and O–H groups in total. The van der Waals surface area contributed by atoms with E-state index in [4.69, 9.17) is 0 Å². The lowest BCUT2D eigenvalue weighted by atomic mass is 10.4. The lowest BCUT2D eigenvalue weighted by molar-refractivity contribution is -0.121. The molecule has 8 nitrogen and oxygen atoms in total. The summed E-state index contributed by atoms with van der Waals surface area (Å²) in [4.78, 5) is 28.1. The molecule has 2 rings (SSSR count). The van der Waals surface area contributed by atoms with Crippen molar-refractivity contribution in [3.8, 4) is 0 Å². The number of aryl methyl sites for hydroxylation is 1. The number of halogens is 1. The summed E-state index contributed by atoms with van der Waals surface area (Å²) in [5, 5.41) is 10.3. The fraction of sp³-hybridized carbons (Fsp3) is 0.538. The lowest BCUT2D eigenvalue weighted by Crippen LogP contribution is -2.36. The van der Waals surface area contributed by atoms with Crippen molar-refractivity contribution in [2.45, 2.75) is 19.9 Å². The van der Waals surface area contributed by atoms with Crippen LogP contribution in [0.3, 0.4) is 0 Å². The van der Waals surface area contributed by atoms with Crippen molar-refractivity contribution < 1.29 is 4.79 Å². The zero-order chi connectivity index (χ0) is 15.2. The van der Waals surface area contributed by atoms with Crippen LogP contribution in [-0.2, 0) is 18.4 Å². The molecular formula is C13H21ClN6O2. The molecule has 122 valence electrons. The third-order valence-electron chi connectivity index (χ3n) is 3.08. The molecule has 0 aromatic carbocycles. The Labute approximate surface area is 134 Å². The largest absolute Gasteiger partial charge is 0.353 e. The standard InChI is InChI=1S/C13H20N6O2.ClH/c1-3-4-14-5-6-15-11(20)8-19-9-16-12-10(13(19)21)7-17-18(12)2;/h7,9,14H,3-6,8H2,1-2H3,(H,15,20);1H. The molecule has 9 heteroatoms. The highest BCUT2D eigenvalue weighted by atomic mass is 35.5. The van der Waals surface area contributed by atoms with E-state index in [0.29, 0.717) is 24.1 Å². The molecule has 0 aliphatic heterocycles. The van der Waals surface area contributed by atoms with E-state index in [1.54, 1.807) is 7.05 Å². The molecule has 0 saturated heterocycles. The SMILES string of the molecule is CCCNCCNC(=O)Cn1cnc2c(cnn2C)c1=O.Cl. The normalized spacial score (nSPS) is 10.5. The van der Waals surface area contributed by atoms with E-state index in [2.05, 4.69) is 27.6 Å². The summed E-state index contributed by atoms with van der Waals surface area (Å²) in [6, 6.07) is 0. The number of fused-ring (bicyclic) bond motifs is 1. The van der Waals surface area contributed by atoms with Gasteiger partial charge in [0.05, 0.1) is 6.20 Å². The molecule has 0 bridgehead atoms. The Morgan fingerprint density at radius 2 is 2.09 bits per heavy atom. The van der Waals surface area contributed by atoms with Crippen LogP contribution in [0.5, 0.6) is 0 Å². The quantitative estimate of drug-likeness (QED) is 0.679. The van der Waals surface area contributed by atoms with Gasteiger partial charge in [0.25, 0.3) is 5.56 Å². The lowest BCUT2D eigenvalue weighted by Gasteiger charge is -2.07. The van der Waals surface area contributed by atoms with Gasteiger partial charge in [0, 0.05) is 20.1 Å². The molecule has 0 fully saturated rings. The summed E-state index contributed by atoms with van der Waals surface area (Å²) >= 11 is 0. The maximum absolute atomic E-state index is 12.2. The maximum Gasteiger partial charge on any atom is 0.264 e. The summed E-state index contributed by atoms with van der Waals surface area (Å²) in [7, 11) is 1.72. The van der Waals surface area contributed by atoms with E-state index in [-0.39, 0.29) is 30.4 Å². The number of amides is 1. The average Bonchev–Trinajstić information content (AvgIpc) is 2.84. The van der Waals surface area contributed by atoms with E-state index in [9.17, 15) is 9.59 Å². The summed E-state index contributed by atoms with van der Waals surface area (Å²) in [6.45, 7) is 4.23. The zero-order valence-corrected chi connectivity index (χ0v) is 13.5. The van der Waals surface area contributed by atoms with Crippen molar-refractivity contribution in [1.29, 1.82) is 0 Å². The Balaban J connectivity index is 0.00000242. The monoisotopic (exact) mass is 328 g/mol. The van der Waals surface area contributed by atoms with Crippen molar-refractivity contribution in [3.05, 3.63) is 22.9 Å². The minimum atomic E-state index is -0.257. The topological polar surface area (TPSA) is 93.8 Å². The molecule has 0 radical (unpaired) electrons. The van der Waals surface area contributed by atoms with Gasteiger partial charge in [-0.05, 0) is 13.0 Å². The highest BCUT2D eigenvalue weighted by Crippen LogP contribution is 2.02. The molecule has 0 aliphatic carbocycles. The van der Waals surface area contributed by atoms with Crippen LogP contribution >= 0.6 is 12.4 Å². The molecule has 0 atom stereocenters. The molecule has 2 aromatic rings. The van der Waals surface area contributed by atoms with E-state index in [0.717, 1.165) is 13.0 Å². The summed E-state index contributed by atoms with van der Waals surface area (Å²) in [6.07, 6.45) is 3.90. The van der Waals surface area contributed by atoms with Gasteiger partial charge in [-0.2, -0.15) is 5.10 Å². The molecule has 0 saturated carbocycles. The fourth-order valence-corrected chi connectivity index (χ4v) is 1.98. The van der Waals surface area contributed by atoms with Crippen molar-refractivity contribution in [1.82, 2.24) is 30.0 Å². The highest BCUT2D eigenvalue weighted by molar-refractivity contribution is 5.85. The highest BCUT2D eigenvalue weighted by Gasteiger charge is 2.10. The van der Waals surface area contributed by atoms with E-state index >= 15 is 0 Å². The van der Waals surface area contributed by atoms with Crippen molar-refractivity contribution in [3.63, 3.8) is 0 Å². The van der Waals surface area contributed by atoms with Crippen molar-refractivity contribution >= 4 is 29.3 Å². The third-order valence-corrected chi connectivity index (χ3v) is 3.08. The Hall–Kier alpha value is -1.93. The van der Waals surface area contributed by atoms with Gasteiger partial charge in [-0.25, -0.2) is 4.98 Å². The summed E-state index contributed by atoms with van der Waals surface area (Å²) < 4.78 is 2.82. The second kappa shape index (κ2) is 8.50. The van der Waals surface area contributed by atoms with Crippen LogP contribution in [0.25, 0.3) is 11.0 Å².